The summed E-state index contributed by atoms with van der Waals surface area (Å²) >= 11 is 0. The van der Waals surface area contributed by atoms with E-state index in [4.69, 9.17) is 5.73 Å². The smallest absolute Gasteiger partial charge is 0.223 e. The Morgan fingerprint density at radius 2 is 2.24 bits per heavy atom. The second-order valence-electron chi connectivity index (χ2n) is 6.97. The molecule has 1 amide bonds. The molecule has 1 heterocycles. The van der Waals surface area contributed by atoms with E-state index in [2.05, 4.69) is 5.10 Å². The van der Waals surface area contributed by atoms with Crippen molar-refractivity contribution < 1.29 is 9.18 Å². The first-order valence-corrected chi connectivity index (χ1v) is 8.71. The molecule has 1 aromatic heterocycles. The van der Waals surface area contributed by atoms with Crippen molar-refractivity contribution in [2.75, 3.05) is 7.05 Å². The molecule has 5 nitrogen and oxygen atoms in total. The normalized spacial score (nSPS) is 21.3. The topological polar surface area (TPSA) is 64.2 Å². The van der Waals surface area contributed by atoms with E-state index in [1.54, 1.807) is 28.9 Å². The monoisotopic (exact) mass is 344 g/mol. The van der Waals surface area contributed by atoms with Crippen molar-refractivity contribution in [2.24, 2.45) is 18.7 Å². The molecule has 1 aromatic carbocycles. The van der Waals surface area contributed by atoms with Crippen LogP contribution in [0.2, 0.25) is 0 Å². The Bertz CT molecular complexity index is 745. The van der Waals surface area contributed by atoms with Crippen LogP contribution in [-0.4, -0.2) is 33.7 Å². The van der Waals surface area contributed by atoms with Gasteiger partial charge in [0.05, 0.1) is 12.2 Å². The van der Waals surface area contributed by atoms with Crippen LogP contribution >= 0.6 is 0 Å². The zero-order valence-corrected chi connectivity index (χ0v) is 14.7. The standard InChI is InChI=1S/C19H25FN4O/c1-23-12-15(11-22-23)19(14-6-3-7-16(20)9-14)24(2)18(25)10-13-5-4-8-17(13)21/h3,6-7,9,11-13,17,19H,4-5,8,10,21H2,1-2H3/t13-,17+,19?/m0/s1. The highest BCUT2D eigenvalue weighted by molar-refractivity contribution is 5.77. The summed E-state index contributed by atoms with van der Waals surface area (Å²) in [5.74, 6) is -0.0532. The lowest BCUT2D eigenvalue weighted by atomic mass is 9.96. The lowest BCUT2D eigenvalue weighted by molar-refractivity contribution is -0.132. The Labute approximate surface area is 147 Å². The SMILES string of the molecule is CN(C(=O)C[C@@H]1CCC[C@H]1N)C(c1cccc(F)c1)c1cnn(C)c1. The molecule has 0 saturated heterocycles. The molecule has 2 N–H and O–H groups in total. The van der Waals surface area contributed by atoms with E-state index < -0.39 is 0 Å². The summed E-state index contributed by atoms with van der Waals surface area (Å²) in [6, 6.07) is 6.12. The summed E-state index contributed by atoms with van der Waals surface area (Å²) < 4.78 is 15.4. The van der Waals surface area contributed by atoms with Crippen molar-refractivity contribution >= 4 is 5.91 Å². The summed E-state index contributed by atoms with van der Waals surface area (Å²) in [5.41, 5.74) is 7.71. The van der Waals surface area contributed by atoms with E-state index >= 15 is 0 Å². The summed E-state index contributed by atoms with van der Waals surface area (Å²) in [4.78, 5) is 14.6. The van der Waals surface area contributed by atoms with Crippen LogP contribution in [0, 0.1) is 11.7 Å². The minimum Gasteiger partial charge on any atom is -0.334 e. The number of hydrogen-bond donors (Lipinski definition) is 1. The van der Waals surface area contributed by atoms with Gasteiger partial charge >= 0.3 is 0 Å². The summed E-state index contributed by atoms with van der Waals surface area (Å²) in [6.45, 7) is 0. The van der Waals surface area contributed by atoms with Crippen molar-refractivity contribution in [1.82, 2.24) is 14.7 Å². The van der Waals surface area contributed by atoms with E-state index in [1.807, 2.05) is 19.3 Å². The van der Waals surface area contributed by atoms with Crippen molar-refractivity contribution in [3.63, 3.8) is 0 Å². The summed E-state index contributed by atoms with van der Waals surface area (Å²) in [7, 11) is 3.59. The molecule has 1 aliphatic carbocycles. The number of benzene rings is 1. The number of carbonyl (C=O) groups is 1. The van der Waals surface area contributed by atoms with Crippen molar-refractivity contribution in [1.29, 1.82) is 0 Å². The lowest BCUT2D eigenvalue weighted by Crippen LogP contribution is -2.35. The van der Waals surface area contributed by atoms with Crippen LogP contribution in [0.25, 0.3) is 0 Å². The van der Waals surface area contributed by atoms with Crippen LogP contribution in [0.4, 0.5) is 4.39 Å². The van der Waals surface area contributed by atoms with Crippen molar-refractivity contribution in [3.05, 3.63) is 53.6 Å². The van der Waals surface area contributed by atoms with Gasteiger partial charge in [-0.25, -0.2) is 4.39 Å². The van der Waals surface area contributed by atoms with E-state index in [9.17, 15) is 9.18 Å². The highest BCUT2D eigenvalue weighted by Crippen LogP contribution is 2.31. The lowest BCUT2D eigenvalue weighted by Gasteiger charge is -2.29. The van der Waals surface area contributed by atoms with Gasteiger partial charge in [-0.15, -0.1) is 0 Å². The number of amides is 1. The number of nitrogens with zero attached hydrogens (tertiary/aromatic N) is 3. The molecule has 3 atom stereocenters. The third kappa shape index (κ3) is 3.90. The molecule has 0 radical (unpaired) electrons. The molecule has 1 saturated carbocycles. The first kappa shape index (κ1) is 17.6. The average molecular weight is 344 g/mol. The highest BCUT2D eigenvalue weighted by Gasteiger charge is 2.30. The zero-order chi connectivity index (χ0) is 18.0. The number of hydrogen-bond acceptors (Lipinski definition) is 3. The molecule has 0 bridgehead atoms. The molecule has 1 unspecified atom stereocenters. The minimum absolute atomic E-state index is 0.0282. The number of aryl methyl sites for hydroxylation is 1. The number of rotatable bonds is 5. The molecule has 134 valence electrons. The molecule has 0 aliphatic heterocycles. The van der Waals surface area contributed by atoms with E-state index in [-0.39, 0.29) is 29.7 Å². The van der Waals surface area contributed by atoms with Gasteiger partial charge in [0.25, 0.3) is 0 Å². The fraction of sp³-hybridized carbons (Fsp3) is 0.474. The Kier molecular flexibility index (Phi) is 5.18. The van der Waals surface area contributed by atoms with Crippen molar-refractivity contribution in [2.45, 2.75) is 37.8 Å². The van der Waals surface area contributed by atoms with E-state index in [0.717, 1.165) is 30.4 Å². The first-order chi connectivity index (χ1) is 12.0. The fourth-order valence-electron chi connectivity index (χ4n) is 3.73. The van der Waals surface area contributed by atoms with Gasteiger partial charge in [0, 0.05) is 38.3 Å². The Hall–Kier alpha value is -2.21. The van der Waals surface area contributed by atoms with Gasteiger partial charge in [-0.3, -0.25) is 9.48 Å². The van der Waals surface area contributed by atoms with Crippen LogP contribution in [-0.2, 0) is 11.8 Å². The van der Waals surface area contributed by atoms with Gasteiger partial charge in [-0.2, -0.15) is 5.10 Å². The minimum atomic E-state index is -0.366. The number of nitrogens with two attached hydrogens (primary N) is 1. The second kappa shape index (κ2) is 7.35. The van der Waals surface area contributed by atoms with Gasteiger partial charge < -0.3 is 10.6 Å². The fourth-order valence-corrected chi connectivity index (χ4v) is 3.73. The predicted octanol–water partition coefficient (Wildman–Crippen LogP) is 2.62. The first-order valence-electron chi connectivity index (χ1n) is 8.71. The summed E-state index contributed by atoms with van der Waals surface area (Å²) in [6.07, 6.45) is 7.08. The Morgan fingerprint density at radius 3 is 2.84 bits per heavy atom. The second-order valence-corrected chi connectivity index (χ2v) is 6.97. The van der Waals surface area contributed by atoms with Gasteiger partial charge in [0.2, 0.25) is 5.91 Å². The molecule has 6 heteroatoms. The van der Waals surface area contributed by atoms with Crippen LogP contribution in [0.3, 0.4) is 0 Å². The van der Waals surface area contributed by atoms with Gasteiger partial charge in [-0.05, 0) is 36.5 Å². The highest BCUT2D eigenvalue weighted by atomic mass is 19.1. The maximum atomic E-state index is 13.8. The molecule has 3 rings (SSSR count). The van der Waals surface area contributed by atoms with E-state index in [0.29, 0.717) is 6.42 Å². The summed E-state index contributed by atoms with van der Waals surface area (Å²) in [5, 5.41) is 4.21. The number of halogens is 1. The van der Waals surface area contributed by atoms with Crippen molar-refractivity contribution in [3.8, 4) is 0 Å². The Morgan fingerprint density at radius 1 is 1.44 bits per heavy atom. The quantitative estimate of drug-likeness (QED) is 0.907. The average Bonchev–Trinajstić information content (AvgIpc) is 3.17. The van der Waals surface area contributed by atoms with Crippen LogP contribution in [0.5, 0.6) is 0 Å². The molecular formula is C19H25FN4O. The predicted molar refractivity (Wildman–Crippen MR) is 94.2 cm³/mol. The molecule has 1 fully saturated rings. The van der Waals surface area contributed by atoms with Gasteiger partial charge in [0.15, 0.2) is 0 Å². The van der Waals surface area contributed by atoms with Crippen LogP contribution < -0.4 is 5.73 Å². The van der Waals surface area contributed by atoms with E-state index in [1.165, 1.54) is 12.1 Å². The third-order valence-electron chi connectivity index (χ3n) is 5.14. The molecule has 0 spiro atoms. The maximum Gasteiger partial charge on any atom is 0.223 e. The van der Waals surface area contributed by atoms with Gasteiger partial charge in [0.1, 0.15) is 5.82 Å². The number of carbonyl (C=O) groups excluding carboxylic acids is 1. The largest absolute Gasteiger partial charge is 0.334 e. The molecule has 2 aromatic rings. The van der Waals surface area contributed by atoms with Crippen LogP contribution in [0.15, 0.2) is 36.7 Å². The maximum absolute atomic E-state index is 13.8. The molecular weight excluding hydrogens is 319 g/mol. The number of aromatic nitrogens is 2. The van der Waals surface area contributed by atoms with Gasteiger partial charge in [-0.1, -0.05) is 18.6 Å². The molecule has 25 heavy (non-hydrogen) atoms. The zero-order valence-electron chi connectivity index (χ0n) is 14.7. The Balaban J connectivity index is 1.86. The third-order valence-corrected chi connectivity index (χ3v) is 5.14. The van der Waals surface area contributed by atoms with Crippen LogP contribution in [0.1, 0.15) is 42.9 Å². The molecule has 1 aliphatic rings.